The second-order valence-corrected chi connectivity index (χ2v) is 11.2. The van der Waals surface area contributed by atoms with Crippen LogP contribution in [0.2, 0.25) is 0 Å². The van der Waals surface area contributed by atoms with Crippen molar-refractivity contribution in [2.45, 2.75) is 65.8 Å². The molecule has 2 unspecified atom stereocenters. The zero-order chi connectivity index (χ0) is 25.2. The lowest BCUT2D eigenvalue weighted by Gasteiger charge is -2.48. The number of benzene rings is 1. The van der Waals surface area contributed by atoms with Gasteiger partial charge in [0.05, 0.1) is 17.6 Å². The molecular formula is C28H36O6. The van der Waals surface area contributed by atoms with Gasteiger partial charge in [0.1, 0.15) is 6.10 Å². The number of carbonyl (C=O) groups excluding carboxylic acids is 2. The molecule has 7 atom stereocenters. The van der Waals surface area contributed by atoms with Crippen LogP contribution in [0.4, 0.5) is 0 Å². The molecular weight excluding hydrogens is 432 g/mol. The highest BCUT2D eigenvalue weighted by Gasteiger charge is 2.73. The highest BCUT2D eigenvalue weighted by atomic mass is 16.6. The smallest absolute Gasteiger partial charge is 0.339 e. The number of hydrogen-bond donors (Lipinski definition) is 3. The Labute approximate surface area is 201 Å². The molecule has 1 spiro atoms. The number of aryl methyl sites for hydroxylation is 1. The fourth-order valence-electron chi connectivity index (χ4n) is 6.63. The molecule has 0 aromatic heterocycles. The summed E-state index contributed by atoms with van der Waals surface area (Å²) in [5.41, 5.74) is -2.29. The third kappa shape index (κ3) is 3.11. The molecule has 4 rings (SSSR count). The average molecular weight is 469 g/mol. The number of hydrogen-bond acceptors (Lipinski definition) is 6. The van der Waals surface area contributed by atoms with Crippen LogP contribution in [0.5, 0.6) is 0 Å². The summed E-state index contributed by atoms with van der Waals surface area (Å²) in [6, 6.07) is 6.99. The Balaban J connectivity index is 1.91. The molecule has 1 aromatic carbocycles. The van der Waals surface area contributed by atoms with Crippen LogP contribution in [0.3, 0.4) is 0 Å². The van der Waals surface area contributed by atoms with Crippen LogP contribution in [0.1, 0.15) is 57.0 Å². The fraction of sp³-hybridized carbons (Fsp3) is 0.571. The highest BCUT2D eigenvalue weighted by Crippen LogP contribution is 2.62. The summed E-state index contributed by atoms with van der Waals surface area (Å²) in [6.07, 6.45) is 1.19. The predicted octanol–water partition coefficient (Wildman–Crippen LogP) is 3.38. The Morgan fingerprint density at radius 2 is 1.79 bits per heavy atom. The summed E-state index contributed by atoms with van der Waals surface area (Å²) in [7, 11) is 0. The number of ketones is 1. The van der Waals surface area contributed by atoms with Gasteiger partial charge in [0.15, 0.2) is 17.5 Å². The molecule has 6 heteroatoms. The van der Waals surface area contributed by atoms with Gasteiger partial charge in [-0.05, 0) is 60.3 Å². The monoisotopic (exact) mass is 468 g/mol. The normalized spacial score (nSPS) is 38.9. The first-order valence-electron chi connectivity index (χ1n) is 12.1. The minimum atomic E-state index is -2.14. The predicted molar refractivity (Wildman–Crippen MR) is 128 cm³/mol. The Bertz CT molecular complexity index is 1080. The number of Topliss-reactive ketones (excluding diaryl/α,β-unsaturated/α-hetero) is 1. The van der Waals surface area contributed by atoms with Crippen molar-refractivity contribution < 1.29 is 29.6 Å². The van der Waals surface area contributed by atoms with Gasteiger partial charge in [0.2, 0.25) is 0 Å². The largest absolute Gasteiger partial charge is 0.451 e. The first-order chi connectivity index (χ1) is 15.8. The fourth-order valence-corrected chi connectivity index (χ4v) is 6.63. The van der Waals surface area contributed by atoms with E-state index in [-0.39, 0.29) is 23.2 Å². The molecule has 0 heterocycles. The van der Waals surface area contributed by atoms with Gasteiger partial charge in [-0.1, -0.05) is 58.0 Å². The van der Waals surface area contributed by atoms with Gasteiger partial charge in [-0.25, -0.2) is 4.79 Å². The van der Waals surface area contributed by atoms with Gasteiger partial charge in [-0.3, -0.25) is 4.79 Å². The second kappa shape index (κ2) is 8.14. The average Bonchev–Trinajstić information content (AvgIpc) is 2.95. The maximum absolute atomic E-state index is 14.4. The lowest BCUT2D eigenvalue weighted by atomic mass is 9.59. The standard InChI is InChI=1S/C28H36O6/c1-15-9-7-8-10-20(15)25(32)34-24-16(2)13-27-18(4)11-17(3)26(5,6)21(23(27)31)12-19(14-29)22(30)28(24,27)33/h7-10,12-13,17-18,21-22,24,29-30,33H,11,14H2,1-6H3/t17-,18?,21+,22+,24-,27?,28-/m0/s1. The van der Waals surface area contributed by atoms with Crippen molar-refractivity contribution in [3.63, 3.8) is 0 Å². The van der Waals surface area contributed by atoms with Crippen LogP contribution in [-0.4, -0.2) is 51.5 Å². The van der Waals surface area contributed by atoms with Crippen molar-refractivity contribution >= 4 is 11.8 Å². The number of ether oxygens (including phenoxy) is 1. The van der Waals surface area contributed by atoms with E-state index in [2.05, 4.69) is 6.92 Å². The molecule has 1 saturated carbocycles. The van der Waals surface area contributed by atoms with E-state index in [1.165, 1.54) is 0 Å². The Morgan fingerprint density at radius 1 is 1.15 bits per heavy atom. The van der Waals surface area contributed by atoms with Gasteiger partial charge in [-0.15, -0.1) is 0 Å². The summed E-state index contributed by atoms with van der Waals surface area (Å²) in [5.74, 6) is -1.65. The molecule has 34 heavy (non-hydrogen) atoms. The summed E-state index contributed by atoms with van der Waals surface area (Å²) >= 11 is 0. The molecule has 3 N–H and O–H groups in total. The zero-order valence-electron chi connectivity index (χ0n) is 20.8. The number of aliphatic hydroxyl groups is 3. The van der Waals surface area contributed by atoms with Crippen LogP contribution in [-0.2, 0) is 9.53 Å². The molecule has 0 aliphatic heterocycles. The Kier molecular flexibility index (Phi) is 5.95. The highest BCUT2D eigenvalue weighted by molar-refractivity contribution is 5.96. The van der Waals surface area contributed by atoms with Gasteiger partial charge in [0.25, 0.3) is 0 Å². The van der Waals surface area contributed by atoms with Gasteiger partial charge in [0, 0.05) is 5.92 Å². The SMILES string of the molecule is CC1=CC23C(=O)[C@@H](C=C(CO)[C@@H](O)[C@]2(O)[C@H]1OC(=O)c1ccccc1C)C(C)(C)[C@@H](C)CC3C. The van der Waals surface area contributed by atoms with Crippen molar-refractivity contribution in [3.05, 3.63) is 58.7 Å². The quantitative estimate of drug-likeness (QED) is 0.464. The van der Waals surface area contributed by atoms with E-state index in [9.17, 15) is 24.9 Å². The molecule has 1 fully saturated rings. The van der Waals surface area contributed by atoms with Crippen LogP contribution in [0.15, 0.2) is 47.6 Å². The third-order valence-corrected chi connectivity index (χ3v) is 9.10. The zero-order valence-corrected chi connectivity index (χ0v) is 20.8. The molecule has 0 radical (unpaired) electrons. The van der Waals surface area contributed by atoms with Crippen molar-refractivity contribution in [3.8, 4) is 0 Å². The lowest BCUT2D eigenvalue weighted by Crippen LogP contribution is -2.65. The molecule has 3 aliphatic carbocycles. The number of esters is 1. The van der Waals surface area contributed by atoms with Crippen molar-refractivity contribution in [1.29, 1.82) is 0 Å². The summed E-state index contributed by atoms with van der Waals surface area (Å²) in [4.78, 5) is 27.5. The number of aliphatic hydroxyl groups excluding tert-OH is 2. The number of rotatable bonds is 3. The first kappa shape index (κ1) is 24.8. The summed E-state index contributed by atoms with van der Waals surface area (Å²) in [5, 5.41) is 34.2. The molecule has 184 valence electrons. The first-order valence-corrected chi connectivity index (χ1v) is 12.1. The van der Waals surface area contributed by atoms with Crippen molar-refractivity contribution in [1.82, 2.24) is 0 Å². The van der Waals surface area contributed by atoms with Crippen LogP contribution >= 0.6 is 0 Å². The second-order valence-electron chi connectivity index (χ2n) is 11.2. The minimum absolute atomic E-state index is 0.133. The molecule has 3 aliphatic rings. The van der Waals surface area contributed by atoms with Crippen molar-refractivity contribution in [2.75, 3.05) is 6.61 Å². The van der Waals surface area contributed by atoms with Gasteiger partial charge in [-0.2, -0.15) is 0 Å². The van der Waals surface area contributed by atoms with Crippen LogP contribution in [0, 0.1) is 35.5 Å². The van der Waals surface area contributed by atoms with E-state index in [1.54, 1.807) is 44.2 Å². The van der Waals surface area contributed by atoms with Gasteiger partial charge < -0.3 is 20.1 Å². The maximum Gasteiger partial charge on any atom is 0.339 e. The molecule has 0 saturated heterocycles. The van der Waals surface area contributed by atoms with E-state index in [4.69, 9.17) is 4.74 Å². The van der Waals surface area contributed by atoms with E-state index < -0.39 is 47.1 Å². The Hall–Kier alpha value is -2.28. The minimum Gasteiger partial charge on any atom is -0.451 e. The molecule has 2 bridgehead atoms. The van der Waals surface area contributed by atoms with Crippen LogP contribution < -0.4 is 0 Å². The van der Waals surface area contributed by atoms with Gasteiger partial charge >= 0.3 is 5.97 Å². The molecule has 1 aromatic rings. The topological polar surface area (TPSA) is 104 Å². The van der Waals surface area contributed by atoms with Crippen molar-refractivity contribution in [2.24, 2.45) is 28.6 Å². The van der Waals surface area contributed by atoms with E-state index >= 15 is 0 Å². The van der Waals surface area contributed by atoms with Crippen LogP contribution in [0.25, 0.3) is 0 Å². The third-order valence-electron chi connectivity index (χ3n) is 9.10. The summed E-state index contributed by atoms with van der Waals surface area (Å²) in [6.45, 7) is 11.1. The van der Waals surface area contributed by atoms with E-state index in [1.807, 2.05) is 26.8 Å². The van der Waals surface area contributed by atoms with E-state index in [0.29, 0.717) is 17.6 Å². The molecule has 0 amide bonds. The number of fused-ring (bicyclic) bond motifs is 1. The lowest BCUT2D eigenvalue weighted by molar-refractivity contribution is -0.190. The molecule has 6 nitrogen and oxygen atoms in total. The maximum atomic E-state index is 14.4. The van der Waals surface area contributed by atoms with E-state index in [0.717, 1.165) is 5.56 Å². The summed E-state index contributed by atoms with van der Waals surface area (Å²) < 4.78 is 5.91. The number of carbonyl (C=O) groups is 2. The number of allylic oxidation sites excluding steroid dienone is 1. The Morgan fingerprint density at radius 3 is 2.41 bits per heavy atom.